The predicted octanol–water partition coefficient (Wildman–Crippen LogP) is 2.34. The Morgan fingerprint density at radius 1 is 1.28 bits per heavy atom. The van der Waals surface area contributed by atoms with Crippen molar-refractivity contribution in [2.75, 3.05) is 18.0 Å². The van der Waals surface area contributed by atoms with Crippen LogP contribution in [0.1, 0.15) is 18.9 Å². The number of aliphatic hydroxyl groups is 1. The Kier molecular flexibility index (Phi) is 5.56. The number of ether oxygens (including phenoxy) is 1. The minimum absolute atomic E-state index is 0.0465. The number of rotatable bonds is 6. The molecule has 0 aliphatic carbocycles. The Labute approximate surface area is 148 Å². The molecule has 5 heteroatoms. The van der Waals surface area contributed by atoms with Crippen molar-refractivity contribution in [3.05, 3.63) is 60.2 Å². The molecule has 0 saturated carbocycles. The molecule has 0 aromatic heterocycles. The van der Waals surface area contributed by atoms with E-state index in [4.69, 9.17) is 4.74 Å². The standard InChI is InChI=1S/C20H24N2O3/c1-15(25-19-9-5-6-16(12-19)14-23)20(24)21-17-10-11-22(13-17)18-7-3-2-4-8-18/h2-9,12,15,17,23H,10-11,13-14H2,1H3,(H,21,24). The van der Waals surface area contributed by atoms with Crippen LogP contribution < -0.4 is 15.0 Å². The highest BCUT2D eigenvalue weighted by Gasteiger charge is 2.26. The molecule has 2 aromatic rings. The number of amides is 1. The summed E-state index contributed by atoms with van der Waals surface area (Å²) in [6, 6.07) is 17.5. The molecule has 1 fully saturated rings. The molecule has 25 heavy (non-hydrogen) atoms. The Morgan fingerprint density at radius 3 is 2.84 bits per heavy atom. The summed E-state index contributed by atoms with van der Waals surface area (Å²) in [5, 5.41) is 12.2. The van der Waals surface area contributed by atoms with Gasteiger partial charge in [0, 0.05) is 24.8 Å². The third kappa shape index (κ3) is 4.51. The topological polar surface area (TPSA) is 61.8 Å². The molecule has 1 heterocycles. The molecule has 132 valence electrons. The molecule has 0 radical (unpaired) electrons. The number of benzene rings is 2. The van der Waals surface area contributed by atoms with Crippen molar-refractivity contribution in [1.82, 2.24) is 5.32 Å². The Hall–Kier alpha value is -2.53. The second kappa shape index (κ2) is 8.03. The first kappa shape index (κ1) is 17.3. The molecule has 1 aliphatic heterocycles. The SMILES string of the molecule is CC(Oc1cccc(CO)c1)C(=O)NC1CCN(c2ccccc2)C1. The van der Waals surface area contributed by atoms with Crippen molar-refractivity contribution < 1.29 is 14.6 Å². The maximum absolute atomic E-state index is 12.4. The second-order valence-corrected chi connectivity index (χ2v) is 6.34. The van der Waals surface area contributed by atoms with E-state index in [1.165, 1.54) is 5.69 Å². The van der Waals surface area contributed by atoms with Crippen molar-refractivity contribution in [1.29, 1.82) is 0 Å². The number of para-hydroxylation sites is 1. The van der Waals surface area contributed by atoms with E-state index in [1.807, 2.05) is 24.3 Å². The molecule has 5 nitrogen and oxygen atoms in total. The van der Waals surface area contributed by atoms with Crippen LogP contribution in [0.15, 0.2) is 54.6 Å². The van der Waals surface area contributed by atoms with Gasteiger partial charge in [-0.25, -0.2) is 0 Å². The number of carbonyl (C=O) groups is 1. The van der Waals surface area contributed by atoms with E-state index in [0.29, 0.717) is 5.75 Å². The number of carbonyl (C=O) groups excluding carboxylic acids is 1. The van der Waals surface area contributed by atoms with Crippen LogP contribution in [0.25, 0.3) is 0 Å². The lowest BCUT2D eigenvalue weighted by molar-refractivity contribution is -0.127. The molecule has 1 amide bonds. The van der Waals surface area contributed by atoms with Crippen molar-refractivity contribution >= 4 is 11.6 Å². The number of aliphatic hydroxyl groups excluding tert-OH is 1. The summed E-state index contributed by atoms with van der Waals surface area (Å²) in [5.74, 6) is 0.473. The van der Waals surface area contributed by atoms with E-state index in [-0.39, 0.29) is 18.6 Å². The van der Waals surface area contributed by atoms with Gasteiger partial charge in [0.1, 0.15) is 5.75 Å². The highest BCUT2D eigenvalue weighted by atomic mass is 16.5. The first-order valence-corrected chi connectivity index (χ1v) is 8.62. The highest BCUT2D eigenvalue weighted by Crippen LogP contribution is 2.20. The normalized spacial score (nSPS) is 18.0. The molecular formula is C20H24N2O3. The first-order valence-electron chi connectivity index (χ1n) is 8.62. The van der Waals surface area contributed by atoms with E-state index in [0.717, 1.165) is 25.1 Å². The van der Waals surface area contributed by atoms with Gasteiger partial charge in [0.25, 0.3) is 5.91 Å². The molecular weight excluding hydrogens is 316 g/mol. The summed E-state index contributed by atoms with van der Waals surface area (Å²) in [6.45, 7) is 3.44. The highest BCUT2D eigenvalue weighted by molar-refractivity contribution is 5.81. The lowest BCUT2D eigenvalue weighted by Crippen LogP contribution is -2.43. The summed E-state index contributed by atoms with van der Waals surface area (Å²) in [7, 11) is 0. The number of hydrogen-bond donors (Lipinski definition) is 2. The van der Waals surface area contributed by atoms with Crippen LogP contribution in [0.3, 0.4) is 0 Å². The minimum atomic E-state index is -0.584. The molecule has 1 aliphatic rings. The number of nitrogens with zero attached hydrogens (tertiary/aromatic N) is 1. The molecule has 2 atom stereocenters. The summed E-state index contributed by atoms with van der Waals surface area (Å²) < 4.78 is 5.70. The Bertz CT molecular complexity index is 705. The van der Waals surface area contributed by atoms with E-state index >= 15 is 0 Å². The van der Waals surface area contributed by atoms with Gasteiger partial charge in [0.05, 0.1) is 6.61 Å². The average molecular weight is 340 g/mol. The summed E-state index contributed by atoms with van der Waals surface area (Å²) in [4.78, 5) is 14.7. The van der Waals surface area contributed by atoms with Gasteiger partial charge in [-0.3, -0.25) is 4.79 Å². The van der Waals surface area contributed by atoms with Crippen molar-refractivity contribution in [3.8, 4) is 5.75 Å². The van der Waals surface area contributed by atoms with E-state index in [1.54, 1.807) is 25.1 Å². The zero-order valence-electron chi connectivity index (χ0n) is 14.4. The van der Waals surface area contributed by atoms with Crippen molar-refractivity contribution in [2.45, 2.75) is 32.1 Å². The lowest BCUT2D eigenvalue weighted by atomic mass is 10.2. The van der Waals surface area contributed by atoms with Crippen molar-refractivity contribution in [2.24, 2.45) is 0 Å². The Balaban J connectivity index is 1.52. The quantitative estimate of drug-likeness (QED) is 0.847. The Morgan fingerprint density at radius 2 is 2.08 bits per heavy atom. The lowest BCUT2D eigenvalue weighted by Gasteiger charge is -2.20. The maximum Gasteiger partial charge on any atom is 0.261 e. The molecule has 2 N–H and O–H groups in total. The van der Waals surface area contributed by atoms with Gasteiger partial charge in [-0.1, -0.05) is 30.3 Å². The third-order valence-corrected chi connectivity index (χ3v) is 4.42. The zero-order valence-corrected chi connectivity index (χ0v) is 14.4. The fraction of sp³-hybridized carbons (Fsp3) is 0.350. The van der Waals surface area contributed by atoms with Gasteiger partial charge in [0.15, 0.2) is 6.10 Å². The summed E-state index contributed by atoms with van der Waals surface area (Å²) in [5.41, 5.74) is 1.95. The van der Waals surface area contributed by atoms with Gasteiger partial charge in [0.2, 0.25) is 0 Å². The molecule has 2 unspecified atom stereocenters. The van der Waals surface area contributed by atoms with Crippen LogP contribution in [0.5, 0.6) is 5.75 Å². The molecule has 1 saturated heterocycles. The number of nitrogens with one attached hydrogen (secondary N) is 1. The molecule has 3 rings (SSSR count). The predicted molar refractivity (Wildman–Crippen MR) is 97.7 cm³/mol. The van der Waals surface area contributed by atoms with Crippen LogP contribution in [-0.4, -0.2) is 36.2 Å². The van der Waals surface area contributed by atoms with Crippen LogP contribution in [0.2, 0.25) is 0 Å². The zero-order chi connectivity index (χ0) is 17.6. The van der Waals surface area contributed by atoms with E-state index in [2.05, 4.69) is 22.3 Å². The molecule has 0 spiro atoms. The van der Waals surface area contributed by atoms with Gasteiger partial charge in [-0.2, -0.15) is 0 Å². The number of hydrogen-bond acceptors (Lipinski definition) is 4. The molecule has 2 aromatic carbocycles. The average Bonchev–Trinajstić information content (AvgIpc) is 3.11. The van der Waals surface area contributed by atoms with Gasteiger partial charge in [-0.15, -0.1) is 0 Å². The first-order chi connectivity index (χ1) is 12.2. The van der Waals surface area contributed by atoms with Crippen LogP contribution in [0, 0.1) is 0 Å². The largest absolute Gasteiger partial charge is 0.481 e. The molecule has 0 bridgehead atoms. The second-order valence-electron chi connectivity index (χ2n) is 6.34. The third-order valence-electron chi connectivity index (χ3n) is 4.42. The fourth-order valence-corrected chi connectivity index (χ4v) is 3.04. The van der Waals surface area contributed by atoms with E-state index < -0.39 is 6.10 Å². The van der Waals surface area contributed by atoms with Gasteiger partial charge in [-0.05, 0) is 43.2 Å². The fourth-order valence-electron chi connectivity index (χ4n) is 3.04. The van der Waals surface area contributed by atoms with E-state index in [9.17, 15) is 9.90 Å². The maximum atomic E-state index is 12.4. The van der Waals surface area contributed by atoms with Gasteiger partial charge >= 0.3 is 0 Å². The number of anilines is 1. The minimum Gasteiger partial charge on any atom is -0.481 e. The monoisotopic (exact) mass is 340 g/mol. The van der Waals surface area contributed by atoms with Gasteiger partial charge < -0.3 is 20.1 Å². The van der Waals surface area contributed by atoms with Crippen LogP contribution >= 0.6 is 0 Å². The smallest absolute Gasteiger partial charge is 0.261 e. The van der Waals surface area contributed by atoms with Crippen molar-refractivity contribution in [3.63, 3.8) is 0 Å². The summed E-state index contributed by atoms with van der Waals surface area (Å²) in [6.07, 6.45) is 0.340. The van der Waals surface area contributed by atoms with Crippen LogP contribution in [0.4, 0.5) is 5.69 Å². The van der Waals surface area contributed by atoms with Crippen LogP contribution in [-0.2, 0) is 11.4 Å². The summed E-state index contributed by atoms with van der Waals surface area (Å²) >= 11 is 0.